The predicted octanol–water partition coefficient (Wildman–Crippen LogP) is 19.6. The third-order valence-electron chi connectivity index (χ3n) is 10.6. The first-order valence-corrected chi connectivity index (χ1v) is 32.1. The van der Waals surface area contributed by atoms with Crippen molar-refractivity contribution in [2.45, 2.75) is 302 Å². The molecule has 0 aliphatic carbocycles. The number of methoxy groups -OCH3 is 2. The van der Waals surface area contributed by atoms with Gasteiger partial charge in [0.25, 0.3) is 0 Å². The fourth-order valence-electron chi connectivity index (χ4n) is 3.73. The van der Waals surface area contributed by atoms with E-state index in [2.05, 4.69) is 101 Å². The molecule has 2 aromatic rings. The first-order valence-electron chi connectivity index (χ1n) is 30.2. The van der Waals surface area contributed by atoms with E-state index < -0.39 is 26.3 Å². The number of benzene rings is 2. The Balaban J connectivity index is -0.000000132. The van der Waals surface area contributed by atoms with E-state index in [0.717, 1.165) is 32.1 Å². The lowest BCUT2D eigenvalue weighted by molar-refractivity contribution is -0.270. The van der Waals surface area contributed by atoms with Crippen LogP contribution in [0.2, 0.25) is 0 Å². The Morgan fingerprint density at radius 1 is 0.535 bits per heavy atom. The van der Waals surface area contributed by atoms with E-state index in [1.165, 1.54) is 30.9 Å². The summed E-state index contributed by atoms with van der Waals surface area (Å²) in [5.74, 6) is 1.01. The second kappa shape index (κ2) is 43.7. The Kier molecular flexibility index (Phi) is 49.9. The molecule has 12 nitrogen and oxygen atoms in total. The van der Waals surface area contributed by atoms with Gasteiger partial charge in [-0.1, -0.05) is 158 Å². The van der Waals surface area contributed by atoms with Crippen LogP contribution in [0.4, 0.5) is 8.78 Å². The largest absolute Gasteiger partial charge is 0.488 e. The number of alkyl halides is 2. The monoisotopic (exact) mass is 1250 g/mol. The Hall–Kier alpha value is -3.95. The van der Waals surface area contributed by atoms with Gasteiger partial charge in [0, 0.05) is 37.7 Å². The Morgan fingerprint density at radius 3 is 1.05 bits per heavy atom. The number of halogens is 2. The molecule has 0 spiro atoms. The van der Waals surface area contributed by atoms with E-state index in [-0.39, 0.29) is 61.9 Å². The first-order chi connectivity index (χ1) is 37.5. The van der Waals surface area contributed by atoms with Crippen LogP contribution in [0, 0.1) is 34.0 Å². The summed E-state index contributed by atoms with van der Waals surface area (Å²) in [6.07, 6.45) is 1.70. The summed E-state index contributed by atoms with van der Waals surface area (Å²) in [6.45, 7) is 69.8. The third kappa shape index (κ3) is 78.1. The van der Waals surface area contributed by atoms with Crippen molar-refractivity contribution in [1.29, 1.82) is 0 Å². The van der Waals surface area contributed by atoms with Gasteiger partial charge in [-0.2, -0.15) is 8.78 Å². The first kappa shape index (κ1) is 98.3. The van der Waals surface area contributed by atoms with E-state index in [1.54, 1.807) is 55.6 Å². The van der Waals surface area contributed by atoms with Gasteiger partial charge < -0.3 is 29.0 Å². The maximum Gasteiger partial charge on any atom is 0.353 e. The van der Waals surface area contributed by atoms with Crippen molar-refractivity contribution in [3.8, 4) is 5.75 Å². The van der Waals surface area contributed by atoms with Crippen LogP contribution in [-0.2, 0) is 53.4 Å². The van der Waals surface area contributed by atoms with Crippen LogP contribution in [0.3, 0.4) is 0 Å². The zero-order chi connectivity index (χ0) is 71.2. The molecule has 2 rings (SSSR count). The van der Waals surface area contributed by atoms with Gasteiger partial charge >= 0.3 is 18.0 Å². The number of hydrogen-bond donors (Lipinski definition) is 1. The standard InChI is InChI=1S/C11H16.C10H14O.C9H19NO.C7H14O2.C6H12F2O.C6H12O2.C6H12O.C6H14.C5H12O2S.C5H12O/c1-9-5-7-10(8-6-9)11(2,3)4;1-10(2,3)11-9-7-5-4-6-8-9;1-5-6-7-10-8(11)9(2,3)4;1-5-9-6(8)7(2,3)4;1-5(2,3)9-6(4,7)8;1-6(2,3)5(7)8-4;1-5(7)6(2,3)4;1-5-6(2,3)4;1-5(2,3)8(4,6)7;1-5(2,3)6-4/h5-8H,1-4H3;4-8H,1-3H3;5-7H2,1-4H3,(H,10,11);5H2,1-4H3;1-4H3;1-4H3;1-4H3;5H2,1-4H3;1-4H3;1-4H3. The fourth-order valence-corrected chi connectivity index (χ4v) is 3.73. The van der Waals surface area contributed by atoms with Crippen LogP contribution in [0.25, 0.3) is 0 Å². The molecule has 512 valence electrons. The van der Waals surface area contributed by atoms with E-state index in [0.29, 0.717) is 12.0 Å². The molecule has 0 aliphatic heterocycles. The highest BCUT2D eigenvalue weighted by Gasteiger charge is 2.29. The number of aryl methyl sites for hydroxylation is 1. The fraction of sp³-hybridized carbons (Fsp3) is 0.775. The summed E-state index contributed by atoms with van der Waals surface area (Å²) >= 11 is 0. The number of sulfone groups is 1. The number of amides is 1. The van der Waals surface area contributed by atoms with Crippen molar-refractivity contribution in [1.82, 2.24) is 5.32 Å². The number of hydrogen-bond acceptors (Lipinski definition) is 11. The van der Waals surface area contributed by atoms with Crippen LogP contribution in [0.1, 0.15) is 273 Å². The van der Waals surface area contributed by atoms with Crippen LogP contribution in [-0.4, -0.2) is 93.3 Å². The quantitative estimate of drug-likeness (QED) is 0.217. The van der Waals surface area contributed by atoms with Gasteiger partial charge in [-0.25, -0.2) is 8.42 Å². The number of ether oxygens (including phenoxy) is 5. The minimum absolute atomic E-state index is 0.0417. The second-order valence-electron chi connectivity index (χ2n) is 31.2. The van der Waals surface area contributed by atoms with E-state index in [4.69, 9.17) is 14.2 Å². The predicted molar refractivity (Wildman–Crippen MR) is 364 cm³/mol. The minimum atomic E-state index is -3.02. The van der Waals surface area contributed by atoms with Gasteiger partial charge in [0.15, 0.2) is 9.84 Å². The van der Waals surface area contributed by atoms with Gasteiger partial charge in [0.1, 0.15) is 17.1 Å². The number of para-hydroxylation sites is 1. The van der Waals surface area contributed by atoms with Gasteiger partial charge in [-0.3, -0.25) is 19.2 Å². The summed E-state index contributed by atoms with van der Waals surface area (Å²) in [6, 6.07) is 18.6. The molecule has 0 bridgehead atoms. The Morgan fingerprint density at radius 2 is 0.884 bits per heavy atom. The lowest BCUT2D eigenvalue weighted by Crippen LogP contribution is -2.35. The highest BCUT2D eigenvalue weighted by atomic mass is 32.2. The Labute approximate surface area is 530 Å². The molecule has 2 aromatic carbocycles. The number of carbonyl (C=O) groups excluding carboxylic acids is 4. The second-order valence-corrected chi connectivity index (χ2v) is 33.9. The summed E-state index contributed by atoms with van der Waals surface area (Å²) in [5, 5.41) is 2.88. The molecule has 0 radical (unpaired) electrons. The van der Waals surface area contributed by atoms with Crippen molar-refractivity contribution in [2.75, 3.05) is 33.6 Å². The molecule has 0 saturated heterocycles. The van der Waals surface area contributed by atoms with Crippen molar-refractivity contribution in [2.24, 2.45) is 27.1 Å². The normalized spacial score (nSPS) is 11.9. The molecule has 0 unspecified atom stereocenters. The summed E-state index contributed by atoms with van der Waals surface area (Å²) < 4.78 is 68.8. The molecule has 0 heterocycles. The van der Waals surface area contributed by atoms with Gasteiger partial charge in [0.2, 0.25) is 5.91 Å². The molecule has 0 aromatic heterocycles. The molecular weight excluding hydrogens is 1110 g/mol. The van der Waals surface area contributed by atoms with Crippen LogP contribution in [0.5, 0.6) is 5.75 Å². The minimum Gasteiger partial charge on any atom is -0.488 e. The average Bonchev–Trinajstić information content (AvgIpc) is 3.27. The van der Waals surface area contributed by atoms with Crippen LogP contribution < -0.4 is 10.1 Å². The topological polar surface area (TPSA) is 161 Å². The number of rotatable bonds is 6. The maximum atomic E-state index is 12.0. The lowest BCUT2D eigenvalue weighted by atomic mass is 9.87. The van der Waals surface area contributed by atoms with Crippen molar-refractivity contribution in [3.05, 3.63) is 65.7 Å². The number of unbranched alkanes of at least 4 members (excludes halogenated alkanes) is 1. The van der Waals surface area contributed by atoms with Gasteiger partial charge in [-0.15, -0.1) is 0 Å². The van der Waals surface area contributed by atoms with Gasteiger partial charge in [-0.05, 0) is 180 Å². The number of Topliss-reactive ketones (excluding diaryl/α,β-unsaturated/α-hetero) is 1. The van der Waals surface area contributed by atoms with Crippen molar-refractivity contribution < 1.29 is 60.1 Å². The summed E-state index contributed by atoms with van der Waals surface area (Å²) in [5.41, 5.74) is 1.66. The highest BCUT2D eigenvalue weighted by Crippen LogP contribution is 2.24. The van der Waals surface area contributed by atoms with E-state index in [9.17, 15) is 36.4 Å². The number of nitrogens with one attached hydrogen (secondary N) is 1. The van der Waals surface area contributed by atoms with E-state index >= 15 is 0 Å². The third-order valence-corrected chi connectivity index (χ3v) is 12.8. The van der Waals surface area contributed by atoms with Crippen molar-refractivity contribution in [3.63, 3.8) is 0 Å². The number of esters is 2. The van der Waals surface area contributed by atoms with Crippen LogP contribution >= 0.6 is 0 Å². The lowest BCUT2D eigenvalue weighted by Gasteiger charge is -2.23. The van der Waals surface area contributed by atoms with Crippen LogP contribution in [0.15, 0.2) is 54.6 Å². The highest BCUT2D eigenvalue weighted by molar-refractivity contribution is 7.92. The molecule has 86 heavy (non-hydrogen) atoms. The molecular formula is C71H137F2NO11S. The summed E-state index contributed by atoms with van der Waals surface area (Å²) in [4.78, 5) is 43.1. The van der Waals surface area contributed by atoms with Gasteiger partial charge in [0.05, 0.1) is 40.5 Å². The Bertz CT molecular complexity index is 2120. The van der Waals surface area contributed by atoms with Crippen molar-refractivity contribution >= 4 is 33.5 Å². The SMILES string of the molecule is CC(=O)C(C)(C)C.CC(C)(C)OC(C)(F)F.CC(C)(C)Oc1ccccc1.CC(C)(C)S(C)(=O)=O.CCC(C)(C)C.CCCCNC(=O)C(C)(C)C.CCOC(=O)C(C)(C)C.COC(=O)C(C)(C)C.COC(C)(C)C.Cc1ccc(C(C)(C)C)cc1. The smallest absolute Gasteiger partial charge is 0.353 e. The number of carbonyl (C=O) groups is 4. The average molecular weight is 1250 g/mol. The summed E-state index contributed by atoms with van der Waals surface area (Å²) in [7, 11) is 0.264. The molecule has 1 N–H and O–H groups in total. The molecule has 0 aliphatic rings. The molecule has 1 amide bonds. The van der Waals surface area contributed by atoms with E-state index in [1.807, 2.05) is 162 Å². The number of ketones is 1. The molecule has 15 heteroatoms. The maximum absolute atomic E-state index is 12.0. The zero-order valence-electron chi connectivity index (χ0n) is 62.9. The molecule has 0 atom stereocenters. The zero-order valence-corrected chi connectivity index (χ0v) is 63.7. The molecule has 0 saturated carbocycles. The molecule has 0 fully saturated rings.